The van der Waals surface area contributed by atoms with Gasteiger partial charge >= 0.3 is 0 Å². The highest BCUT2D eigenvalue weighted by Gasteiger charge is 2.13. The number of thiophene rings is 1. The lowest BCUT2D eigenvalue weighted by molar-refractivity contribution is 0.627. The minimum Gasteiger partial charge on any atom is -0.228 e. The molecule has 0 fully saturated rings. The van der Waals surface area contributed by atoms with Crippen molar-refractivity contribution < 1.29 is 4.39 Å². The van der Waals surface area contributed by atoms with Gasteiger partial charge in [-0.3, -0.25) is 0 Å². The Balaban J connectivity index is 2.33. The zero-order chi connectivity index (χ0) is 14.3. The van der Waals surface area contributed by atoms with Gasteiger partial charge < -0.3 is 0 Å². The van der Waals surface area contributed by atoms with Crippen LogP contribution in [0.5, 0.6) is 0 Å². The fourth-order valence-electron chi connectivity index (χ4n) is 2.21. The van der Waals surface area contributed by atoms with Crippen molar-refractivity contribution >= 4 is 33.8 Å². The second-order valence-electron chi connectivity index (χ2n) is 4.62. The van der Waals surface area contributed by atoms with Crippen LogP contribution in [0, 0.1) is 12.7 Å². The van der Waals surface area contributed by atoms with Crippen LogP contribution < -0.4 is 0 Å². The van der Waals surface area contributed by atoms with Crippen LogP contribution >= 0.6 is 22.9 Å². The van der Waals surface area contributed by atoms with Crippen LogP contribution in [-0.2, 0) is 6.42 Å². The highest BCUT2D eigenvalue weighted by Crippen LogP contribution is 2.30. The van der Waals surface area contributed by atoms with Crippen molar-refractivity contribution in [3.05, 3.63) is 45.0 Å². The van der Waals surface area contributed by atoms with Gasteiger partial charge in [0, 0.05) is 16.3 Å². The third-order valence-corrected chi connectivity index (χ3v) is 4.42. The van der Waals surface area contributed by atoms with Crippen LogP contribution in [0.3, 0.4) is 0 Å². The van der Waals surface area contributed by atoms with E-state index in [0.717, 1.165) is 22.2 Å². The molecule has 0 aliphatic carbocycles. The lowest BCUT2D eigenvalue weighted by Gasteiger charge is -2.08. The topological polar surface area (TPSA) is 25.8 Å². The summed E-state index contributed by atoms with van der Waals surface area (Å²) in [6, 6.07) is 2.90. The molecular formula is C15H12ClFN2S. The van der Waals surface area contributed by atoms with Crippen molar-refractivity contribution in [3.63, 3.8) is 0 Å². The molecule has 0 unspecified atom stereocenters. The van der Waals surface area contributed by atoms with Crippen LogP contribution in [0.2, 0.25) is 5.15 Å². The third-order valence-electron chi connectivity index (χ3n) is 3.27. The Morgan fingerprint density at radius 1 is 1.25 bits per heavy atom. The summed E-state index contributed by atoms with van der Waals surface area (Å²) in [5.41, 5.74) is 3.67. The van der Waals surface area contributed by atoms with Gasteiger partial charge in [0.15, 0.2) is 5.82 Å². The number of hydrogen-bond acceptors (Lipinski definition) is 3. The van der Waals surface area contributed by atoms with E-state index >= 15 is 0 Å². The van der Waals surface area contributed by atoms with Crippen LogP contribution in [0.1, 0.15) is 18.1 Å². The summed E-state index contributed by atoms with van der Waals surface area (Å²) >= 11 is 7.82. The van der Waals surface area contributed by atoms with Gasteiger partial charge in [0.2, 0.25) is 0 Å². The summed E-state index contributed by atoms with van der Waals surface area (Å²) in [5, 5.41) is 4.91. The van der Waals surface area contributed by atoms with E-state index in [2.05, 4.69) is 9.97 Å². The van der Waals surface area contributed by atoms with Crippen molar-refractivity contribution in [3.8, 4) is 11.4 Å². The second kappa shape index (κ2) is 5.11. The molecule has 5 heteroatoms. The fraction of sp³-hybridized carbons (Fsp3) is 0.200. The van der Waals surface area contributed by atoms with Crippen molar-refractivity contribution in [1.29, 1.82) is 0 Å². The SMILES string of the molecule is CCc1cc(F)cc2c(Cl)nc(-c3cscc3C)nc12. The van der Waals surface area contributed by atoms with E-state index in [1.54, 1.807) is 11.3 Å². The molecule has 2 heterocycles. The van der Waals surface area contributed by atoms with Gasteiger partial charge in [-0.15, -0.1) is 0 Å². The molecule has 3 aromatic rings. The van der Waals surface area contributed by atoms with Crippen LogP contribution in [-0.4, -0.2) is 9.97 Å². The molecule has 2 aromatic heterocycles. The van der Waals surface area contributed by atoms with Gasteiger partial charge in [0.25, 0.3) is 0 Å². The summed E-state index contributed by atoms with van der Waals surface area (Å²) in [7, 11) is 0. The molecule has 0 bridgehead atoms. The molecule has 0 aliphatic rings. The number of rotatable bonds is 2. The number of benzene rings is 1. The fourth-order valence-corrected chi connectivity index (χ4v) is 3.26. The molecule has 0 radical (unpaired) electrons. The average molecular weight is 307 g/mol. The Bertz CT molecular complexity index is 798. The normalized spacial score (nSPS) is 11.2. The number of nitrogens with zero attached hydrogens (tertiary/aromatic N) is 2. The first-order valence-electron chi connectivity index (χ1n) is 6.29. The lowest BCUT2D eigenvalue weighted by atomic mass is 10.1. The van der Waals surface area contributed by atoms with Gasteiger partial charge in [-0.25, -0.2) is 14.4 Å². The summed E-state index contributed by atoms with van der Waals surface area (Å²) in [6.07, 6.45) is 0.698. The van der Waals surface area contributed by atoms with Crippen molar-refractivity contribution in [2.75, 3.05) is 0 Å². The zero-order valence-corrected chi connectivity index (χ0v) is 12.6. The predicted octanol–water partition coefficient (Wildman–Crippen LogP) is 5.02. The second-order valence-corrected chi connectivity index (χ2v) is 5.72. The average Bonchev–Trinajstić information content (AvgIpc) is 2.85. The van der Waals surface area contributed by atoms with E-state index in [-0.39, 0.29) is 5.82 Å². The summed E-state index contributed by atoms with van der Waals surface area (Å²) in [5.74, 6) is 0.293. The Hall–Kier alpha value is -1.52. The number of aryl methyl sites for hydroxylation is 2. The standard InChI is InChI=1S/C15H12ClFN2S/c1-3-9-4-10(17)5-11-13(9)18-15(19-14(11)16)12-7-20-6-8(12)2/h4-7H,3H2,1-2H3. The molecule has 0 atom stereocenters. The summed E-state index contributed by atoms with van der Waals surface area (Å²) < 4.78 is 13.6. The van der Waals surface area contributed by atoms with Gasteiger partial charge in [-0.2, -0.15) is 11.3 Å². The Labute approximate surface area is 125 Å². The Morgan fingerprint density at radius 3 is 2.70 bits per heavy atom. The van der Waals surface area contributed by atoms with Crippen LogP contribution in [0.4, 0.5) is 4.39 Å². The number of halogens is 2. The molecule has 102 valence electrons. The third kappa shape index (κ3) is 2.19. The Kier molecular flexibility index (Phi) is 3.44. The maximum absolute atomic E-state index is 13.6. The van der Waals surface area contributed by atoms with Crippen LogP contribution in [0.15, 0.2) is 22.9 Å². The molecule has 0 aliphatic heterocycles. The van der Waals surface area contributed by atoms with E-state index in [4.69, 9.17) is 11.6 Å². The minimum absolute atomic E-state index is 0.296. The van der Waals surface area contributed by atoms with E-state index < -0.39 is 0 Å². The first-order valence-corrected chi connectivity index (χ1v) is 7.61. The minimum atomic E-state index is -0.306. The van der Waals surface area contributed by atoms with Crippen molar-refractivity contribution in [2.45, 2.75) is 20.3 Å². The summed E-state index contributed by atoms with van der Waals surface area (Å²) in [4.78, 5) is 8.91. The molecule has 0 N–H and O–H groups in total. The highest BCUT2D eigenvalue weighted by atomic mass is 35.5. The first kappa shape index (κ1) is 13.5. The predicted molar refractivity (Wildman–Crippen MR) is 81.9 cm³/mol. The van der Waals surface area contributed by atoms with Crippen LogP contribution in [0.25, 0.3) is 22.3 Å². The molecular weight excluding hydrogens is 295 g/mol. The number of hydrogen-bond donors (Lipinski definition) is 0. The Morgan fingerprint density at radius 2 is 2.05 bits per heavy atom. The molecule has 0 saturated carbocycles. The van der Waals surface area contributed by atoms with Gasteiger partial charge in [-0.1, -0.05) is 18.5 Å². The molecule has 0 spiro atoms. The number of fused-ring (bicyclic) bond motifs is 1. The van der Waals surface area contributed by atoms with Gasteiger partial charge in [0.1, 0.15) is 11.0 Å². The van der Waals surface area contributed by atoms with E-state index in [1.165, 1.54) is 12.1 Å². The highest BCUT2D eigenvalue weighted by molar-refractivity contribution is 7.08. The number of aromatic nitrogens is 2. The molecule has 2 nitrogen and oxygen atoms in total. The van der Waals surface area contributed by atoms with Crippen molar-refractivity contribution in [1.82, 2.24) is 9.97 Å². The first-order chi connectivity index (χ1) is 9.60. The van der Waals surface area contributed by atoms with Gasteiger partial charge in [-0.05, 0) is 42.0 Å². The molecule has 3 rings (SSSR count). The molecule has 0 saturated heterocycles. The molecule has 0 amide bonds. The monoisotopic (exact) mass is 306 g/mol. The summed E-state index contributed by atoms with van der Waals surface area (Å²) in [6.45, 7) is 3.98. The van der Waals surface area contributed by atoms with E-state index in [1.807, 2.05) is 24.6 Å². The molecule has 1 aromatic carbocycles. The van der Waals surface area contributed by atoms with Gasteiger partial charge in [0.05, 0.1) is 5.52 Å². The van der Waals surface area contributed by atoms with E-state index in [9.17, 15) is 4.39 Å². The van der Waals surface area contributed by atoms with E-state index in [0.29, 0.717) is 22.8 Å². The smallest absolute Gasteiger partial charge is 0.162 e. The maximum Gasteiger partial charge on any atom is 0.162 e. The molecule has 20 heavy (non-hydrogen) atoms. The lowest BCUT2D eigenvalue weighted by Crippen LogP contribution is -1.96. The largest absolute Gasteiger partial charge is 0.228 e. The quantitative estimate of drug-likeness (QED) is 0.621. The van der Waals surface area contributed by atoms with Crippen molar-refractivity contribution in [2.24, 2.45) is 0 Å². The zero-order valence-electron chi connectivity index (χ0n) is 11.1. The maximum atomic E-state index is 13.6.